The second-order valence-corrected chi connectivity index (χ2v) is 7.18. The van der Waals surface area contributed by atoms with E-state index in [4.69, 9.17) is 0 Å². The monoisotopic (exact) mass is 326 g/mol. The highest BCUT2D eigenvalue weighted by molar-refractivity contribution is 5.82. The lowest BCUT2D eigenvalue weighted by atomic mass is 9.77. The number of amides is 2. The van der Waals surface area contributed by atoms with Gasteiger partial charge >= 0.3 is 0 Å². The number of imidazole rings is 1. The number of aromatic nitrogens is 2. The Labute approximate surface area is 140 Å². The molecule has 1 spiro atoms. The molecule has 0 radical (unpaired) electrons. The van der Waals surface area contributed by atoms with Gasteiger partial charge in [0.25, 0.3) is 0 Å². The smallest absolute Gasteiger partial charge is 0.226 e. The van der Waals surface area contributed by atoms with E-state index in [1.807, 2.05) is 30.0 Å². The molecule has 6 nitrogen and oxygen atoms in total. The van der Waals surface area contributed by atoms with Crippen molar-refractivity contribution in [3.8, 4) is 0 Å². The van der Waals surface area contributed by atoms with Crippen molar-refractivity contribution < 1.29 is 9.59 Å². The van der Waals surface area contributed by atoms with Crippen molar-refractivity contribution in [2.75, 3.05) is 19.6 Å². The van der Waals surface area contributed by atoms with Gasteiger partial charge in [-0.3, -0.25) is 9.59 Å². The van der Waals surface area contributed by atoms with Crippen molar-refractivity contribution in [3.63, 3.8) is 0 Å². The lowest BCUT2D eigenvalue weighted by molar-refractivity contribution is -0.132. The van der Waals surface area contributed by atoms with E-state index < -0.39 is 0 Å². The molecule has 4 rings (SSSR count). The Morgan fingerprint density at radius 1 is 1.33 bits per heavy atom. The predicted molar refractivity (Wildman–Crippen MR) is 90.4 cm³/mol. The molecule has 2 N–H and O–H groups in total. The molecule has 2 amide bonds. The van der Waals surface area contributed by atoms with Crippen molar-refractivity contribution >= 4 is 22.8 Å². The maximum Gasteiger partial charge on any atom is 0.226 e. The van der Waals surface area contributed by atoms with Gasteiger partial charge in [0.2, 0.25) is 11.8 Å². The fourth-order valence-corrected chi connectivity index (χ4v) is 3.92. The number of hydrogen-bond donors (Lipinski definition) is 2. The standard InChI is InChI=1S/C18H22N4O2/c1-12-20-14-3-2-13(8-15(14)21-12)9-17(24)22-6-4-18(5-7-22)10-16(23)19-11-18/h2-3,8H,4-7,9-11H2,1H3,(H,19,23)(H,20,21). The Morgan fingerprint density at radius 2 is 2.12 bits per heavy atom. The first-order valence-electron chi connectivity index (χ1n) is 8.53. The zero-order valence-electron chi connectivity index (χ0n) is 13.9. The molecule has 1 aromatic carbocycles. The maximum absolute atomic E-state index is 12.6. The normalized spacial score (nSPS) is 19.9. The minimum Gasteiger partial charge on any atom is -0.356 e. The fourth-order valence-electron chi connectivity index (χ4n) is 3.92. The van der Waals surface area contributed by atoms with Crippen LogP contribution in [0.5, 0.6) is 0 Å². The molecule has 2 saturated heterocycles. The van der Waals surface area contributed by atoms with E-state index in [0.717, 1.165) is 54.9 Å². The largest absolute Gasteiger partial charge is 0.356 e. The van der Waals surface area contributed by atoms with Crippen LogP contribution in [0.1, 0.15) is 30.7 Å². The number of nitrogens with one attached hydrogen (secondary N) is 2. The molecule has 0 bridgehead atoms. The number of aryl methyl sites for hydroxylation is 1. The molecule has 2 aromatic rings. The third-order valence-corrected chi connectivity index (χ3v) is 5.39. The number of benzene rings is 1. The molecular weight excluding hydrogens is 304 g/mol. The molecule has 0 atom stereocenters. The zero-order valence-corrected chi connectivity index (χ0v) is 13.9. The first kappa shape index (κ1) is 15.2. The topological polar surface area (TPSA) is 78.1 Å². The molecule has 3 heterocycles. The third-order valence-electron chi connectivity index (χ3n) is 5.39. The molecular formula is C18H22N4O2. The highest BCUT2D eigenvalue weighted by Gasteiger charge is 2.41. The minimum atomic E-state index is 0.0836. The van der Waals surface area contributed by atoms with Crippen molar-refractivity contribution in [2.45, 2.75) is 32.6 Å². The Morgan fingerprint density at radius 3 is 2.83 bits per heavy atom. The first-order chi connectivity index (χ1) is 11.5. The second-order valence-electron chi connectivity index (χ2n) is 7.18. The summed E-state index contributed by atoms with van der Waals surface area (Å²) in [5.74, 6) is 1.20. The van der Waals surface area contributed by atoms with E-state index in [0.29, 0.717) is 12.8 Å². The third kappa shape index (κ3) is 2.77. The number of carbonyl (C=O) groups is 2. The second kappa shape index (κ2) is 5.61. The number of rotatable bonds is 2. The summed E-state index contributed by atoms with van der Waals surface area (Å²) in [6, 6.07) is 5.95. The summed E-state index contributed by atoms with van der Waals surface area (Å²) in [6.45, 7) is 4.19. The van der Waals surface area contributed by atoms with Crippen LogP contribution in [-0.2, 0) is 16.0 Å². The number of piperidine rings is 1. The molecule has 0 saturated carbocycles. The van der Waals surface area contributed by atoms with Crippen LogP contribution < -0.4 is 5.32 Å². The minimum absolute atomic E-state index is 0.0836. The summed E-state index contributed by atoms with van der Waals surface area (Å²) in [7, 11) is 0. The summed E-state index contributed by atoms with van der Waals surface area (Å²) in [6.07, 6.45) is 2.86. The summed E-state index contributed by atoms with van der Waals surface area (Å²) in [5.41, 5.74) is 3.00. The lowest BCUT2D eigenvalue weighted by Gasteiger charge is -2.38. The van der Waals surface area contributed by atoms with E-state index in [1.54, 1.807) is 0 Å². The van der Waals surface area contributed by atoms with Gasteiger partial charge in [0.1, 0.15) is 5.82 Å². The molecule has 24 heavy (non-hydrogen) atoms. The van der Waals surface area contributed by atoms with Crippen LogP contribution in [0.15, 0.2) is 18.2 Å². The Balaban J connectivity index is 1.40. The van der Waals surface area contributed by atoms with Crippen molar-refractivity contribution in [1.82, 2.24) is 20.2 Å². The summed E-state index contributed by atoms with van der Waals surface area (Å²) in [4.78, 5) is 33.6. The SMILES string of the molecule is Cc1nc2ccc(CC(=O)N3CCC4(CC3)CNC(=O)C4)cc2[nH]1. The maximum atomic E-state index is 12.6. The number of aromatic amines is 1. The Hall–Kier alpha value is -2.37. The fraction of sp³-hybridized carbons (Fsp3) is 0.500. The first-order valence-corrected chi connectivity index (χ1v) is 8.53. The molecule has 2 aliphatic rings. The quantitative estimate of drug-likeness (QED) is 0.879. The molecule has 1 aromatic heterocycles. The van der Waals surface area contributed by atoms with Crippen LogP contribution in [0.25, 0.3) is 11.0 Å². The molecule has 0 unspecified atom stereocenters. The average molecular weight is 326 g/mol. The van der Waals surface area contributed by atoms with Gasteiger partial charge in [-0.25, -0.2) is 4.98 Å². The molecule has 2 aliphatic heterocycles. The average Bonchev–Trinajstić information content (AvgIpc) is 3.09. The number of fused-ring (bicyclic) bond motifs is 1. The van der Waals surface area contributed by atoms with E-state index in [-0.39, 0.29) is 17.2 Å². The summed E-state index contributed by atoms with van der Waals surface area (Å²) < 4.78 is 0. The number of hydrogen-bond acceptors (Lipinski definition) is 3. The number of nitrogens with zero attached hydrogens (tertiary/aromatic N) is 2. The van der Waals surface area contributed by atoms with Gasteiger partial charge in [0, 0.05) is 26.1 Å². The summed E-state index contributed by atoms with van der Waals surface area (Å²) in [5, 5.41) is 2.93. The van der Waals surface area contributed by atoms with Gasteiger partial charge < -0.3 is 15.2 Å². The zero-order chi connectivity index (χ0) is 16.7. The van der Waals surface area contributed by atoms with Crippen molar-refractivity contribution in [3.05, 3.63) is 29.6 Å². The molecule has 6 heteroatoms. The molecule has 2 fully saturated rings. The highest BCUT2D eigenvalue weighted by atomic mass is 16.2. The Kier molecular flexibility index (Phi) is 3.55. The van der Waals surface area contributed by atoms with Gasteiger partial charge in [-0.15, -0.1) is 0 Å². The number of H-pyrrole nitrogens is 1. The van der Waals surface area contributed by atoms with Gasteiger partial charge in [-0.05, 0) is 42.9 Å². The van der Waals surface area contributed by atoms with Crippen LogP contribution in [0.3, 0.4) is 0 Å². The van der Waals surface area contributed by atoms with Gasteiger partial charge in [0.05, 0.1) is 17.5 Å². The van der Waals surface area contributed by atoms with Crippen molar-refractivity contribution in [1.29, 1.82) is 0 Å². The van der Waals surface area contributed by atoms with E-state index in [9.17, 15) is 9.59 Å². The summed E-state index contributed by atoms with van der Waals surface area (Å²) >= 11 is 0. The van der Waals surface area contributed by atoms with E-state index in [2.05, 4.69) is 15.3 Å². The van der Waals surface area contributed by atoms with Crippen LogP contribution >= 0.6 is 0 Å². The van der Waals surface area contributed by atoms with E-state index in [1.165, 1.54) is 0 Å². The van der Waals surface area contributed by atoms with Crippen LogP contribution in [0.2, 0.25) is 0 Å². The predicted octanol–water partition coefficient (Wildman–Crippen LogP) is 1.54. The Bertz CT molecular complexity index is 802. The van der Waals surface area contributed by atoms with Crippen LogP contribution in [0, 0.1) is 12.3 Å². The van der Waals surface area contributed by atoms with Crippen LogP contribution in [-0.4, -0.2) is 46.3 Å². The van der Waals surface area contributed by atoms with Crippen molar-refractivity contribution in [2.24, 2.45) is 5.41 Å². The van der Waals surface area contributed by atoms with Gasteiger partial charge in [-0.1, -0.05) is 6.07 Å². The molecule has 126 valence electrons. The van der Waals surface area contributed by atoms with E-state index >= 15 is 0 Å². The number of likely N-dealkylation sites (tertiary alicyclic amines) is 1. The van der Waals surface area contributed by atoms with Crippen LogP contribution in [0.4, 0.5) is 0 Å². The lowest BCUT2D eigenvalue weighted by Crippen LogP contribution is -2.44. The highest BCUT2D eigenvalue weighted by Crippen LogP contribution is 2.37. The molecule has 0 aliphatic carbocycles. The van der Waals surface area contributed by atoms with Gasteiger partial charge in [-0.2, -0.15) is 0 Å². The van der Waals surface area contributed by atoms with Gasteiger partial charge in [0.15, 0.2) is 0 Å². The number of carbonyl (C=O) groups excluding carboxylic acids is 2.